The van der Waals surface area contributed by atoms with Gasteiger partial charge in [-0.2, -0.15) is 0 Å². The molecule has 160 valence electrons. The van der Waals surface area contributed by atoms with E-state index in [0.29, 0.717) is 17.4 Å². The van der Waals surface area contributed by atoms with Crippen molar-refractivity contribution in [3.05, 3.63) is 53.9 Å². The van der Waals surface area contributed by atoms with E-state index in [1.807, 2.05) is 43.3 Å². The van der Waals surface area contributed by atoms with Gasteiger partial charge in [0.1, 0.15) is 5.82 Å². The maximum atomic E-state index is 12.7. The van der Waals surface area contributed by atoms with Gasteiger partial charge in [-0.15, -0.1) is 0 Å². The average molecular weight is 410 g/mol. The largest absolute Gasteiger partial charge is 0.493 e. The quantitative estimate of drug-likeness (QED) is 0.564. The molecule has 0 radical (unpaired) electrons. The number of aromatic nitrogens is 2. The van der Waals surface area contributed by atoms with Gasteiger partial charge in [-0.1, -0.05) is 32.0 Å². The van der Waals surface area contributed by atoms with E-state index >= 15 is 0 Å². The number of amides is 1. The van der Waals surface area contributed by atoms with E-state index in [4.69, 9.17) is 14.5 Å². The summed E-state index contributed by atoms with van der Waals surface area (Å²) in [7, 11) is 3.18. The number of carbonyl (C=O) groups is 1. The Kier molecular flexibility index (Phi) is 6.98. The van der Waals surface area contributed by atoms with Crippen LogP contribution in [0.5, 0.6) is 11.5 Å². The zero-order valence-electron chi connectivity index (χ0n) is 18.4. The van der Waals surface area contributed by atoms with Crippen molar-refractivity contribution in [3.63, 3.8) is 0 Å². The molecule has 0 bridgehead atoms. The van der Waals surface area contributed by atoms with Crippen LogP contribution in [-0.4, -0.2) is 29.7 Å². The molecule has 2 aromatic carbocycles. The maximum Gasteiger partial charge on any atom is 0.224 e. The lowest BCUT2D eigenvalue weighted by molar-refractivity contribution is -0.121. The van der Waals surface area contributed by atoms with Crippen LogP contribution in [0.15, 0.2) is 42.5 Å². The molecule has 1 atom stereocenters. The van der Waals surface area contributed by atoms with Crippen LogP contribution >= 0.6 is 0 Å². The third-order valence-electron chi connectivity index (χ3n) is 5.19. The Hall–Kier alpha value is -3.02. The molecular formula is C24H31N3O3. The second kappa shape index (κ2) is 9.65. The lowest BCUT2D eigenvalue weighted by atomic mass is 10.1. The van der Waals surface area contributed by atoms with E-state index < -0.39 is 0 Å². The highest BCUT2D eigenvalue weighted by atomic mass is 16.5. The first-order valence-corrected chi connectivity index (χ1v) is 10.4. The van der Waals surface area contributed by atoms with E-state index in [0.717, 1.165) is 35.4 Å². The number of imidazole rings is 1. The molecule has 3 rings (SSSR count). The number of nitrogens with one attached hydrogen (secondary N) is 1. The highest BCUT2D eigenvalue weighted by molar-refractivity contribution is 5.80. The van der Waals surface area contributed by atoms with Crippen LogP contribution in [0.2, 0.25) is 0 Å². The van der Waals surface area contributed by atoms with Crippen molar-refractivity contribution in [2.75, 3.05) is 14.2 Å². The Bertz CT molecular complexity index is 1010. The molecule has 0 saturated carbocycles. The molecular weight excluding hydrogens is 378 g/mol. The predicted octanol–water partition coefficient (Wildman–Crippen LogP) is 4.52. The summed E-state index contributed by atoms with van der Waals surface area (Å²) < 4.78 is 12.8. The molecule has 0 aliphatic rings. The summed E-state index contributed by atoms with van der Waals surface area (Å²) in [4.78, 5) is 17.5. The monoisotopic (exact) mass is 409 g/mol. The van der Waals surface area contributed by atoms with Crippen LogP contribution in [0.25, 0.3) is 11.0 Å². The normalized spacial score (nSPS) is 12.2. The Morgan fingerprint density at radius 2 is 1.80 bits per heavy atom. The third kappa shape index (κ3) is 4.93. The minimum absolute atomic E-state index is 0.0582. The van der Waals surface area contributed by atoms with Crippen molar-refractivity contribution in [2.45, 2.75) is 46.2 Å². The number of carbonyl (C=O) groups excluding carboxylic acids is 1. The van der Waals surface area contributed by atoms with Crippen molar-refractivity contribution < 1.29 is 14.3 Å². The van der Waals surface area contributed by atoms with Gasteiger partial charge < -0.3 is 19.4 Å². The molecule has 0 saturated heterocycles. The molecule has 1 unspecified atom stereocenters. The summed E-state index contributed by atoms with van der Waals surface area (Å²) in [6.45, 7) is 7.29. The first kappa shape index (κ1) is 21.7. The third-order valence-corrected chi connectivity index (χ3v) is 5.19. The van der Waals surface area contributed by atoms with Gasteiger partial charge in [0.15, 0.2) is 11.5 Å². The van der Waals surface area contributed by atoms with E-state index in [-0.39, 0.29) is 18.4 Å². The Balaban J connectivity index is 1.76. The van der Waals surface area contributed by atoms with Crippen LogP contribution in [0.4, 0.5) is 0 Å². The number of hydrogen-bond donors (Lipinski definition) is 1. The minimum atomic E-state index is -0.197. The summed E-state index contributed by atoms with van der Waals surface area (Å²) in [5, 5.41) is 3.11. The molecule has 1 heterocycles. The lowest BCUT2D eigenvalue weighted by Gasteiger charge is -2.17. The number of aryl methyl sites for hydroxylation is 1. The van der Waals surface area contributed by atoms with Crippen LogP contribution < -0.4 is 14.8 Å². The van der Waals surface area contributed by atoms with E-state index in [1.165, 1.54) is 0 Å². The Morgan fingerprint density at radius 3 is 2.50 bits per heavy atom. The van der Waals surface area contributed by atoms with Gasteiger partial charge in [-0.25, -0.2) is 4.98 Å². The number of hydrogen-bond acceptors (Lipinski definition) is 4. The van der Waals surface area contributed by atoms with Gasteiger partial charge in [0.2, 0.25) is 5.91 Å². The van der Waals surface area contributed by atoms with E-state index in [2.05, 4.69) is 29.8 Å². The highest BCUT2D eigenvalue weighted by Gasteiger charge is 2.19. The molecule has 3 aromatic rings. The maximum absolute atomic E-state index is 12.7. The number of rotatable bonds is 9. The molecule has 0 fully saturated rings. The second-order valence-electron chi connectivity index (χ2n) is 7.95. The number of para-hydroxylation sites is 2. The first-order chi connectivity index (χ1) is 14.4. The van der Waals surface area contributed by atoms with Crippen molar-refractivity contribution in [1.82, 2.24) is 14.9 Å². The minimum Gasteiger partial charge on any atom is -0.493 e. The van der Waals surface area contributed by atoms with Gasteiger partial charge in [0.25, 0.3) is 0 Å². The fourth-order valence-electron chi connectivity index (χ4n) is 3.58. The molecule has 0 aliphatic heterocycles. The highest BCUT2D eigenvalue weighted by Crippen LogP contribution is 2.28. The molecule has 0 spiro atoms. The average Bonchev–Trinajstić information content (AvgIpc) is 3.10. The van der Waals surface area contributed by atoms with Crippen molar-refractivity contribution in [1.29, 1.82) is 0 Å². The van der Waals surface area contributed by atoms with Gasteiger partial charge in [0, 0.05) is 6.54 Å². The molecule has 0 aliphatic carbocycles. The van der Waals surface area contributed by atoms with Gasteiger partial charge in [-0.3, -0.25) is 4.79 Å². The van der Waals surface area contributed by atoms with Crippen LogP contribution in [0.1, 0.15) is 44.6 Å². The fraction of sp³-hybridized carbons (Fsp3) is 0.417. The van der Waals surface area contributed by atoms with Crippen molar-refractivity contribution in [3.8, 4) is 11.5 Å². The summed E-state index contributed by atoms with van der Waals surface area (Å²) in [5.74, 6) is 2.68. The number of fused-ring (bicyclic) bond motifs is 1. The van der Waals surface area contributed by atoms with Crippen molar-refractivity contribution >= 4 is 16.9 Å². The lowest BCUT2D eigenvalue weighted by Crippen LogP contribution is -2.30. The standard InChI is InChI=1S/C24H31N3O3/c1-16(2)12-13-27-20-9-7-6-8-19(20)26-24(27)17(3)25-23(28)15-18-10-11-21(29-4)22(14-18)30-5/h6-11,14,16-17H,12-13,15H2,1-5H3,(H,25,28). The fourth-order valence-corrected chi connectivity index (χ4v) is 3.58. The summed E-state index contributed by atoms with van der Waals surface area (Å²) in [6.07, 6.45) is 1.32. The zero-order chi connectivity index (χ0) is 21.7. The zero-order valence-corrected chi connectivity index (χ0v) is 18.4. The molecule has 6 heteroatoms. The summed E-state index contributed by atoms with van der Waals surface area (Å²) in [5.41, 5.74) is 2.93. The summed E-state index contributed by atoms with van der Waals surface area (Å²) in [6, 6.07) is 13.5. The van der Waals surface area contributed by atoms with Gasteiger partial charge >= 0.3 is 0 Å². The number of ether oxygens (including phenoxy) is 2. The molecule has 1 aromatic heterocycles. The predicted molar refractivity (Wildman–Crippen MR) is 119 cm³/mol. The van der Waals surface area contributed by atoms with Crippen LogP contribution in [0, 0.1) is 5.92 Å². The SMILES string of the molecule is COc1ccc(CC(=O)NC(C)c2nc3ccccc3n2CCC(C)C)cc1OC. The smallest absolute Gasteiger partial charge is 0.224 e. The van der Waals surface area contributed by atoms with Gasteiger partial charge in [0.05, 0.1) is 37.7 Å². The second-order valence-corrected chi connectivity index (χ2v) is 7.95. The molecule has 6 nitrogen and oxygen atoms in total. The van der Waals surface area contributed by atoms with Gasteiger partial charge in [-0.05, 0) is 49.1 Å². The molecule has 30 heavy (non-hydrogen) atoms. The number of methoxy groups -OCH3 is 2. The number of nitrogens with zero attached hydrogens (tertiary/aromatic N) is 2. The number of benzene rings is 2. The van der Waals surface area contributed by atoms with Crippen LogP contribution in [0.3, 0.4) is 0 Å². The van der Waals surface area contributed by atoms with E-state index in [1.54, 1.807) is 14.2 Å². The topological polar surface area (TPSA) is 65.4 Å². The Morgan fingerprint density at radius 1 is 1.07 bits per heavy atom. The summed E-state index contributed by atoms with van der Waals surface area (Å²) >= 11 is 0. The van der Waals surface area contributed by atoms with Crippen LogP contribution in [-0.2, 0) is 17.8 Å². The molecule has 1 amide bonds. The molecule has 1 N–H and O–H groups in total. The van der Waals surface area contributed by atoms with Crippen molar-refractivity contribution in [2.24, 2.45) is 5.92 Å². The van der Waals surface area contributed by atoms with E-state index in [9.17, 15) is 4.79 Å². The first-order valence-electron chi connectivity index (χ1n) is 10.4. The Labute approximate surface area is 178 Å².